The zero-order valence-corrected chi connectivity index (χ0v) is 11.1. The Morgan fingerprint density at radius 2 is 2.00 bits per heavy atom. The largest absolute Gasteiger partial charge is 0.162 e. The van der Waals surface area contributed by atoms with Gasteiger partial charge in [-0.3, -0.25) is 0 Å². The Morgan fingerprint density at radius 1 is 1.42 bits per heavy atom. The van der Waals surface area contributed by atoms with Gasteiger partial charge in [0.1, 0.15) is 0 Å². The SMILES string of the molecule is CCSCCC(C)(CBr)C(C)C. The average Bonchev–Trinajstić information content (AvgIpc) is 2.04. The van der Waals surface area contributed by atoms with Crippen LogP contribution in [0.15, 0.2) is 0 Å². The highest BCUT2D eigenvalue weighted by Gasteiger charge is 2.26. The van der Waals surface area contributed by atoms with Crippen molar-refractivity contribution in [2.24, 2.45) is 11.3 Å². The summed E-state index contributed by atoms with van der Waals surface area (Å²) in [6.07, 6.45) is 1.33. The maximum absolute atomic E-state index is 3.62. The molecule has 0 aliphatic heterocycles. The van der Waals surface area contributed by atoms with Crippen LogP contribution < -0.4 is 0 Å². The molecule has 74 valence electrons. The molecule has 0 saturated heterocycles. The third-order valence-corrected chi connectivity index (χ3v) is 4.90. The summed E-state index contributed by atoms with van der Waals surface area (Å²) < 4.78 is 0. The molecule has 0 aromatic carbocycles. The van der Waals surface area contributed by atoms with Crippen molar-refractivity contribution in [3.63, 3.8) is 0 Å². The van der Waals surface area contributed by atoms with E-state index in [1.165, 1.54) is 17.9 Å². The predicted octanol–water partition coefficient (Wildman–Crippen LogP) is 4.19. The van der Waals surface area contributed by atoms with Gasteiger partial charge in [-0.1, -0.05) is 43.6 Å². The second-order valence-corrected chi connectivity index (χ2v) is 5.84. The predicted molar refractivity (Wildman–Crippen MR) is 64.4 cm³/mol. The molecule has 0 aliphatic rings. The van der Waals surface area contributed by atoms with Crippen molar-refractivity contribution in [2.75, 3.05) is 16.8 Å². The molecular formula is C10H21BrS. The molecule has 0 aromatic rings. The van der Waals surface area contributed by atoms with Crippen molar-refractivity contribution in [3.05, 3.63) is 0 Å². The van der Waals surface area contributed by atoms with E-state index in [2.05, 4.69) is 43.6 Å². The topological polar surface area (TPSA) is 0 Å². The van der Waals surface area contributed by atoms with Crippen LogP contribution in [0.2, 0.25) is 0 Å². The Labute approximate surface area is 90.0 Å². The fourth-order valence-corrected chi connectivity index (χ4v) is 2.79. The van der Waals surface area contributed by atoms with Gasteiger partial charge < -0.3 is 0 Å². The van der Waals surface area contributed by atoms with Crippen molar-refractivity contribution in [3.8, 4) is 0 Å². The molecule has 0 N–H and O–H groups in total. The van der Waals surface area contributed by atoms with E-state index >= 15 is 0 Å². The highest BCUT2D eigenvalue weighted by molar-refractivity contribution is 9.09. The monoisotopic (exact) mass is 252 g/mol. The first-order chi connectivity index (χ1) is 5.56. The highest BCUT2D eigenvalue weighted by atomic mass is 79.9. The summed E-state index contributed by atoms with van der Waals surface area (Å²) in [6.45, 7) is 9.24. The Balaban J connectivity index is 3.80. The molecule has 1 atom stereocenters. The first kappa shape index (κ1) is 12.8. The van der Waals surface area contributed by atoms with E-state index in [1.807, 2.05) is 11.8 Å². The van der Waals surface area contributed by atoms with Crippen LogP contribution in [0.1, 0.15) is 34.1 Å². The lowest BCUT2D eigenvalue weighted by molar-refractivity contribution is 0.252. The molecule has 12 heavy (non-hydrogen) atoms. The van der Waals surface area contributed by atoms with Crippen molar-refractivity contribution in [1.29, 1.82) is 0 Å². The Morgan fingerprint density at radius 3 is 2.33 bits per heavy atom. The first-order valence-corrected chi connectivity index (χ1v) is 6.98. The normalized spacial score (nSPS) is 16.5. The summed E-state index contributed by atoms with van der Waals surface area (Å²) in [7, 11) is 0. The van der Waals surface area contributed by atoms with Crippen LogP contribution in [0.3, 0.4) is 0 Å². The third kappa shape index (κ3) is 4.18. The molecule has 0 bridgehead atoms. The number of alkyl halides is 1. The van der Waals surface area contributed by atoms with Gasteiger partial charge in [0.2, 0.25) is 0 Å². The van der Waals surface area contributed by atoms with E-state index in [9.17, 15) is 0 Å². The van der Waals surface area contributed by atoms with Gasteiger partial charge in [0.05, 0.1) is 0 Å². The summed E-state index contributed by atoms with van der Waals surface area (Å²) in [4.78, 5) is 0. The molecule has 0 aliphatic carbocycles. The van der Waals surface area contributed by atoms with E-state index < -0.39 is 0 Å². The molecule has 2 heteroatoms. The van der Waals surface area contributed by atoms with Gasteiger partial charge in [0, 0.05) is 5.33 Å². The van der Waals surface area contributed by atoms with Crippen molar-refractivity contribution >= 4 is 27.7 Å². The molecule has 0 radical (unpaired) electrons. The van der Waals surface area contributed by atoms with Gasteiger partial charge in [0.25, 0.3) is 0 Å². The quantitative estimate of drug-likeness (QED) is 0.505. The van der Waals surface area contributed by atoms with Gasteiger partial charge >= 0.3 is 0 Å². The van der Waals surface area contributed by atoms with E-state index in [0.29, 0.717) is 5.41 Å². The smallest absolute Gasteiger partial charge is 0.00880 e. The van der Waals surface area contributed by atoms with Gasteiger partial charge in [-0.05, 0) is 29.3 Å². The van der Waals surface area contributed by atoms with E-state index in [1.54, 1.807) is 0 Å². The zero-order valence-electron chi connectivity index (χ0n) is 8.69. The van der Waals surface area contributed by atoms with Crippen LogP contribution >= 0.6 is 27.7 Å². The Hall–Kier alpha value is 0.830. The van der Waals surface area contributed by atoms with Crippen molar-refractivity contribution < 1.29 is 0 Å². The fraction of sp³-hybridized carbons (Fsp3) is 1.00. The molecule has 0 saturated carbocycles. The summed E-state index contributed by atoms with van der Waals surface area (Å²) in [5.41, 5.74) is 0.488. The summed E-state index contributed by atoms with van der Waals surface area (Å²) >= 11 is 5.66. The lowest BCUT2D eigenvalue weighted by Gasteiger charge is -2.31. The van der Waals surface area contributed by atoms with Crippen LogP contribution in [0.4, 0.5) is 0 Å². The number of rotatable bonds is 6. The van der Waals surface area contributed by atoms with Crippen LogP contribution in [0, 0.1) is 11.3 Å². The molecule has 1 unspecified atom stereocenters. The lowest BCUT2D eigenvalue weighted by Crippen LogP contribution is -2.26. The minimum atomic E-state index is 0.488. The summed E-state index contributed by atoms with van der Waals surface area (Å²) in [5.74, 6) is 3.32. The molecule has 0 heterocycles. The Bertz CT molecular complexity index is 114. The van der Waals surface area contributed by atoms with Crippen LogP contribution in [-0.4, -0.2) is 16.8 Å². The maximum atomic E-state index is 3.62. The van der Waals surface area contributed by atoms with Gasteiger partial charge in [-0.2, -0.15) is 11.8 Å². The van der Waals surface area contributed by atoms with Crippen molar-refractivity contribution in [1.82, 2.24) is 0 Å². The molecule has 0 nitrogen and oxygen atoms in total. The summed E-state index contributed by atoms with van der Waals surface area (Å²) in [5, 5.41) is 1.13. The van der Waals surface area contributed by atoms with Crippen LogP contribution in [0.25, 0.3) is 0 Å². The second-order valence-electron chi connectivity index (χ2n) is 3.89. The molecule has 0 fully saturated rings. The lowest BCUT2D eigenvalue weighted by atomic mass is 9.79. The average molecular weight is 253 g/mol. The minimum Gasteiger partial charge on any atom is -0.162 e. The van der Waals surface area contributed by atoms with E-state index in [-0.39, 0.29) is 0 Å². The van der Waals surface area contributed by atoms with Crippen molar-refractivity contribution in [2.45, 2.75) is 34.1 Å². The standard InChI is InChI=1S/C10H21BrS/c1-5-12-7-6-10(4,8-11)9(2)3/h9H,5-8H2,1-4H3. The number of hydrogen-bond donors (Lipinski definition) is 0. The number of halogens is 1. The highest BCUT2D eigenvalue weighted by Crippen LogP contribution is 2.34. The molecule has 0 rings (SSSR count). The van der Waals surface area contributed by atoms with E-state index in [4.69, 9.17) is 0 Å². The Kier molecular flexibility index (Phi) is 6.75. The maximum Gasteiger partial charge on any atom is 0.00880 e. The van der Waals surface area contributed by atoms with Gasteiger partial charge in [-0.15, -0.1) is 0 Å². The second kappa shape index (κ2) is 6.31. The number of hydrogen-bond acceptors (Lipinski definition) is 1. The van der Waals surface area contributed by atoms with Gasteiger partial charge in [0.15, 0.2) is 0 Å². The van der Waals surface area contributed by atoms with Gasteiger partial charge in [-0.25, -0.2) is 0 Å². The zero-order chi connectivity index (χ0) is 9.61. The molecule has 0 spiro atoms. The van der Waals surface area contributed by atoms with Crippen LogP contribution in [0.5, 0.6) is 0 Å². The van der Waals surface area contributed by atoms with E-state index in [0.717, 1.165) is 11.2 Å². The molecular weight excluding hydrogens is 232 g/mol. The van der Waals surface area contributed by atoms with Crippen LogP contribution in [-0.2, 0) is 0 Å². The minimum absolute atomic E-state index is 0.488. The third-order valence-electron chi connectivity index (χ3n) is 2.72. The first-order valence-electron chi connectivity index (χ1n) is 4.70. The number of thioether (sulfide) groups is 1. The molecule has 0 amide bonds. The molecule has 0 aromatic heterocycles. The summed E-state index contributed by atoms with van der Waals surface area (Å²) in [6, 6.07) is 0. The fourth-order valence-electron chi connectivity index (χ4n) is 0.959.